The minimum Gasteiger partial charge on any atom is -0.394 e. The number of rotatable bonds is 13. The Morgan fingerprint density at radius 2 is 1.97 bits per heavy atom. The average Bonchev–Trinajstić information content (AvgIpc) is 3.15. The van der Waals surface area contributed by atoms with Gasteiger partial charge < -0.3 is 24.8 Å². The topological polar surface area (TPSA) is 132 Å². The van der Waals surface area contributed by atoms with E-state index in [-0.39, 0.29) is 12.3 Å². The standard InChI is InChI=1S/C19H34N5O5P/c1-6-13(7-2)30(27)29-19(3,4)8-9-28-18(14(26)10-25)24-12-23-15-16(20-5)21-11-22-17(15)24/h11-14,18,25-26,30H,6-10H2,1-5H3,(H,20,21,22)/t14-,18?/m1/s1. The number of nitrogens with one attached hydrogen (secondary N) is 1. The van der Waals surface area contributed by atoms with Crippen molar-refractivity contribution in [2.75, 3.05) is 25.6 Å². The number of aromatic nitrogens is 4. The Labute approximate surface area is 177 Å². The van der Waals surface area contributed by atoms with Crippen LogP contribution in [0.5, 0.6) is 0 Å². The van der Waals surface area contributed by atoms with Crippen molar-refractivity contribution in [2.45, 2.75) is 70.5 Å². The van der Waals surface area contributed by atoms with Gasteiger partial charge in [0.05, 0.1) is 25.1 Å². The van der Waals surface area contributed by atoms with Gasteiger partial charge in [-0.2, -0.15) is 0 Å². The molecule has 3 atom stereocenters. The van der Waals surface area contributed by atoms with Gasteiger partial charge in [-0.25, -0.2) is 15.0 Å². The quantitative estimate of drug-likeness (QED) is 0.400. The second kappa shape index (κ2) is 11.2. The Morgan fingerprint density at radius 3 is 2.57 bits per heavy atom. The van der Waals surface area contributed by atoms with E-state index in [1.807, 2.05) is 27.7 Å². The molecule has 2 heterocycles. The SMILES string of the molecule is CCC(CC)[PH](=O)OC(C)(C)CCOC([C@H](O)CO)n1cnc2c(NC)ncnc21. The monoisotopic (exact) mass is 443 g/mol. The molecule has 11 heteroatoms. The number of imidazole rings is 1. The maximum Gasteiger partial charge on any atom is 0.195 e. The van der Waals surface area contributed by atoms with E-state index in [0.717, 1.165) is 12.8 Å². The normalized spacial score (nSPS) is 15.5. The molecule has 0 bridgehead atoms. The first-order valence-corrected chi connectivity index (χ1v) is 11.7. The summed E-state index contributed by atoms with van der Waals surface area (Å²) in [7, 11) is -0.441. The minimum absolute atomic E-state index is 0.0671. The molecule has 0 spiro atoms. The number of nitrogens with zero attached hydrogens (tertiary/aromatic N) is 4. The van der Waals surface area contributed by atoms with E-state index >= 15 is 0 Å². The molecule has 30 heavy (non-hydrogen) atoms. The van der Waals surface area contributed by atoms with Crippen LogP contribution in [0.15, 0.2) is 12.7 Å². The molecule has 0 aliphatic heterocycles. The van der Waals surface area contributed by atoms with Crippen LogP contribution in [0.3, 0.4) is 0 Å². The summed E-state index contributed by atoms with van der Waals surface area (Å²) in [6.07, 6.45) is 2.90. The third-order valence-electron chi connectivity index (χ3n) is 5.07. The van der Waals surface area contributed by atoms with E-state index < -0.39 is 32.6 Å². The zero-order chi connectivity index (χ0) is 22.3. The number of ether oxygens (including phenoxy) is 1. The highest BCUT2D eigenvalue weighted by molar-refractivity contribution is 7.40. The molecule has 2 rings (SSSR count). The summed E-state index contributed by atoms with van der Waals surface area (Å²) < 4.78 is 25.8. The van der Waals surface area contributed by atoms with Crippen molar-refractivity contribution < 1.29 is 24.0 Å². The first kappa shape index (κ1) is 24.7. The van der Waals surface area contributed by atoms with E-state index in [4.69, 9.17) is 9.26 Å². The lowest BCUT2D eigenvalue weighted by molar-refractivity contribution is -0.104. The van der Waals surface area contributed by atoms with Crippen LogP contribution in [0, 0.1) is 0 Å². The van der Waals surface area contributed by atoms with E-state index in [1.165, 1.54) is 12.7 Å². The molecule has 0 fully saturated rings. The zero-order valence-corrected chi connectivity index (χ0v) is 19.3. The van der Waals surface area contributed by atoms with Crippen LogP contribution in [0.4, 0.5) is 5.82 Å². The van der Waals surface area contributed by atoms with Gasteiger partial charge in [-0.15, -0.1) is 0 Å². The van der Waals surface area contributed by atoms with Crippen molar-refractivity contribution in [2.24, 2.45) is 0 Å². The van der Waals surface area contributed by atoms with Crippen molar-refractivity contribution in [3.8, 4) is 0 Å². The van der Waals surface area contributed by atoms with Gasteiger partial charge in [0.1, 0.15) is 17.9 Å². The second-order valence-corrected chi connectivity index (χ2v) is 9.41. The predicted octanol–water partition coefficient (Wildman–Crippen LogP) is 2.58. The number of aliphatic hydroxyl groups excluding tert-OH is 2. The second-order valence-electron chi connectivity index (χ2n) is 7.75. The first-order chi connectivity index (χ1) is 14.3. The van der Waals surface area contributed by atoms with Gasteiger partial charge in [0.2, 0.25) is 0 Å². The van der Waals surface area contributed by atoms with E-state index in [1.54, 1.807) is 11.6 Å². The van der Waals surface area contributed by atoms with Crippen molar-refractivity contribution in [3.05, 3.63) is 12.7 Å². The summed E-state index contributed by atoms with van der Waals surface area (Å²) in [6, 6.07) is 0. The molecule has 2 aromatic heterocycles. The highest BCUT2D eigenvalue weighted by atomic mass is 31.1. The van der Waals surface area contributed by atoms with Crippen molar-refractivity contribution in [1.82, 2.24) is 19.5 Å². The molecule has 0 radical (unpaired) electrons. The van der Waals surface area contributed by atoms with Crippen molar-refractivity contribution in [3.63, 3.8) is 0 Å². The Bertz CT molecular complexity index is 827. The fourth-order valence-corrected chi connectivity index (χ4v) is 4.62. The molecular formula is C19H34N5O5P. The highest BCUT2D eigenvalue weighted by Crippen LogP contribution is 2.39. The summed E-state index contributed by atoms with van der Waals surface area (Å²) in [5.41, 5.74) is 0.427. The number of hydrogen-bond donors (Lipinski definition) is 3. The third-order valence-corrected chi connectivity index (χ3v) is 7.31. The first-order valence-electron chi connectivity index (χ1n) is 10.3. The zero-order valence-electron chi connectivity index (χ0n) is 18.3. The number of anilines is 1. The Hall–Kier alpha value is -1.58. The van der Waals surface area contributed by atoms with E-state index in [9.17, 15) is 14.8 Å². The van der Waals surface area contributed by atoms with Gasteiger partial charge in [0.25, 0.3) is 0 Å². The fourth-order valence-electron chi connectivity index (χ4n) is 3.14. The van der Waals surface area contributed by atoms with Gasteiger partial charge >= 0.3 is 0 Å². The Balaban J connectivity index is 2.11. The van der Waals surface area contributed by atoms with Crippen LogP contribution >= 0.6 is 8.03 Å². The molecule has 3 N–H and O–H groups in total. The fraction of sp³-hybridized carbons (Fsp3) is 0.737. The molecule has 0 saturated heterocycles. The van der Waals surface area contributed by atoms with Crippen LogP contribution in [0.1, 0.15) is 53.2 Å². The van der Waals surface area contributed by atoms with Gasteiger partial charge in [-0.3, -0.25) is 9.13 Å². The smallest absolute Gasteiger partial charge is 0.195 e. The number of fused-ring (bicyclic) bond motifs is 1. The lowest BCUT2D eigenvalue weighted by Crippen LogP contribution is -2.32. The van der Waals surface area contributed by atoms with E-state index in [2.05, 4.69) is 20.3 Å². The average molecular weight is 443 g/mol. The summed E-state index contributed by atoms with van der Waals surface area (Å²) >= 11 is 0. The highest BCUT2D eigenvalue weighted by Gasteiger charge is 2.28. The van der Waals surface area contributed by atoms with Crippen molar-refractivity contribution in [1.29, 1.82) is 0 Å². The van der Waals surface area contributed by atoms with Crippen LogP contribution in [-0.2, 0) is 13.8 Å². The molecule has 170 valence electrons. The number of aliphatic hydroxyl groups is 2. The maximum atomic E-state index is 12.5. The van der Waals surface area contributed by atoms with Crippen molar-refractivity contribution >= 4 is 25.0 Å². The molecule has 0 aliphatic carbocycles. The molecule has 10 nitrogen and oxygen atoms in total. The molecule has 2 aromatic rings. The summed E-state index contributed by atoms with van der Waals surface area (Å²) in [5.74, 6) is 0.553. The summed E-state index contributed by atoms with van der Waals surface area (Å²) in [6.45, 7) is 7.49. The predicted molar refractivity (Wildman–Crippen MR) is 116 cm³/mol. The van der Waals surface area contributed by atoms with E-state index in [0.29, 0.717) is 23.4 Å². The lowest BCUT2D eigenvalue weighted by Gasteiger charge is -2.29. The van der Waals surface area contributed by atoms with Gasteiger partial charge in [0.15, 0.2) is 25.7 Å². The van der Waals surface area contributed by atoms with Gasteiger partial charge in [0, 0.05) is 12.7 Å². The molecule has 0 aliphatic rings. The molecule has 0 amide bonds. The van der Waals surface area contributed by atoms with Crippen LogP contribution in [0.25, 0.3) is 11.2 Å². The minimum atomic E-state index is -2.17. The molecule has 0 aromatic carbocycles. The van der Waals surface area contributed by atoms with Crippen LogP contribution in [-0.4, -0.2) is 67.4 Å². The summed E-state index contributed by atoms with van der Waals surface area (Å²) in [4.78, 5) is 12.7. The molecule has 2 unspecified atom stereocenters. The van der Waals surface area contributed by atoms with Gasteiger partial charge in [-0.05, 0) is 33.1 Å². The number of hydrogen-bond acceptors (Lipinski definition) is 9. The lowest BCUT2D eigenvalue weighted by atomic mass is 10.1. The van der Waals surface area contributed by atoms with Gasteiger partial charge in [-0.1, -0.05) is 13.8 Å². The van der Waals surface area contributed by atoms with Crippen LogP contribution in [0.2, 0.25) is 0 Å². The largest absolute Gasteiger partial charge is 0.394 e. The molecule has 0 saturated carbocycles. The summed E-state index contributed by atoms with van der Waals surface area (Å²) in [5, 5.41) is 22.8. The Kier molecular flexibility index (Phi) is 9.18. The van der Waals surface area contributed by atoms with Crippen LogP contribution < -0.4 is 5.32 Å². The maximum absolute atomic E-state index is 12.5. The molecular weight excluding hydrogens is 409 g/mol. The third kappa shape index (κ3) is 5.98. The Morgan fingerprint density at radius 1 is 1.27 bits per heavy atom.